The number of methoxy groups -OCH3 is 1. The molecule has 0 amide bonds. The van der Waals surface area contributed by atoms with Gasteiger partial charge in [-0.25, -0.2) is 0 Å². The van der Waals surface area contributed by atoms with Crippen molar-refractivity contribution in [1.29, 1.82) is 0 Å². The third kappa shape index (κ3) is 3.75. The maximum atomic E-state index is 5.33. The second-order valence-corrected chi connectivity index (χ2v) is 5.43. The number of aromatic nitrogens is 4. The average Bonchev–Trinajstić information content (AvgIpc) is 3.16. The van der Waals surface area contributed by atoms with Crippen LogP contribution in [0.5, 0.6) is 5.75 Å². The van der Waals surface area contributed by atoms with Gasteiger partial charge in [0, 0.05) is 30.9 Å². The number of ether oxygens (including phenoxy) is 1. The number of hydrogen-bond donors (Lipinski definition) is 0. The van der Waals surface area contributed by atoms with E-state index in [0.29, 0.717) is 18.3 Å². The summed E-state index contributed by atoms with van der Waals surface area (Å²) in [6.07, 6.45) is 3.85. The number of aryl methyl sites for hydroxylation is 1. The van der Waals surface area contributed by atoms with E-state index < -0.39 is 0 Å². The molecule has 3 rings (SSSR count). The first-order valence-corrected chi connectivity index (χ1v) is 7.27. The van der Waals surface area contributed by atoms with Crippen molar-refractivity contribution >= 4 is 0 Å². The lowest BCUT2D eigenvalue weighted by Crippen LogP contribution is -2.17. The van der Waals surface area contributed by atoms with E-state index in [2.05, 4.69) is 20.1 Å². The van der Waals surface area contributed by atoms with Gasteiger partial charge in [0.25, 0.3) is 0 Å². The molecule has 2 aromatic heterocycles. The Balaban J connectivity index is 1.64. The van der Waals surface area contributed by atoms with Gasteiger partial charge in [-0.1, -0.05) is 5.16 Å². The summed E-state index contributed by atoms with van der Waals surface area (Å²) in [6, 6.07) is 7.57. The van der Waals surface area contributed by atoms with Crippen LogP contribution in [0, 0.1) is 0 Å². The van der Waals surface area contributed by atoms with Crippen LogP contribution in [0.15, 0.2) is 41.2 Å². The summed E-state index contributed by atoms with van der Waals surface area (Å²) in [5.74, 6) is 1.97. The van der Waals surface area contributed by atoms with Crippen molar-refractivity contribution in [2.75, 3.05) is 14.2 Å². The zero-order valence-corrected chi connectivity index (χ0v) is 13.4. The highest BCUT2D eigenvalue weighted by atomic mass is 16.5. The molecule has 0 aliphatic rings. The summed E-state index contributed by atoms with van der Waals surface area (Å²) in [5.41, 5.74) is 2.04. The van der Waals surface area contributed by atoms with Crippen molar-refractivity contribution in [3.05, 3.63) is 48.1 Å². The standard InChI is InChI=1S/C16H19N5O2/c1-20(9-12-8-17-21(2)10-12)11-15-18-16(19-23-15)13-4-6-14(22-3)7-5-13/h4-8,10H,9,11H2,1-3H3. The fourth-order valence-electron chi connectivity index (χ4n) is 2.33. The molecule has 0 aliphatic carbocycles. The highest BCUT2D eigenvalue weighted by Gasteiger charge is 2.11. The van der Waals surface area contributed by atoms with Crippen LogP contribution in [0.1, 0.15) is 11.5 Å². The number of benzene rings is 1. The molecule has 23 heavy (non-hydrogen) atoms. The van der Waals surface area contributed by atoms with E-state index in [4.69, 9.17) is 9.26 Å². The molecule has 7 heteroatoms. The zero-order chi connectivity index (χ0) is 16.2. The van der Waals surface area contributed by atoms with E-state index in [1.54, 1.807) is 11.8 Å². The molecule has 1 aromatic carbocycles. The molecule has 0 bridgehead atoms. The topological polar surface area (TPSA) is 69.2 Å². The predicted molar refractivity (Wildman–Crippen MR) is 84.7 cm³/mol. The van der Waals surface area contributed by atoms with Crippen molar-refractivity contribution in [2.24, 2.45) is 7.05 Å². The van der Waals surface area contributed by atoms with Gasteiger partial charge in [0.15, 0.2) is 0 Å². The molecular weight excluding hydrogens is 294 g/mol. The minimum absolute atomic E-state index is 0.581. The van der Waals surface area contributed by atoms with Crippen LogP contribution in [0.3, 0.4) is 0 Å². The molecule has 0 atom stereocenters. The van der Waals surface area contributed by atoms with E-state index in [1.807, 2.05) is 50.8 Å². The Bertz CT molecular complexity index is 763. The Kier molecular flexibility index (Phi) is 4.38. The van der Waals surface area contributed by atoms with Crippen LogP contribution in [-0.4, -0.2) is 39.0 Å². The Morgan fingerprint density at radius 3 is 2.65 bits per heavy atom. The lowest BCUT2D eigenvalue weighted by Gasteiger charge is -2.12. The van der Waals surface area contributed by atoms with Gasteiger partial charge in [-0.15, -0.1) is 0 Å². The maximum Gasteiger partial charge on any atom is 0.241 e. The van der Waals surface area contributed by atoms with Crippen molar-refractivity contribution < 1.29 is 9.26 Å². The smallest absolute Gasteiger partial charge is 0.241 e. The summed E-state index contributed by atoms with van der Waals surface area (Å²) >= 11 is 0. The van der Waals surface area contributed by atoms with E-state index in [-0.39, 0.29) is 0 Å². The molecular formula is C16H19N5O2. The zero-order valence-electron chi connectivity index (χ0n) is 13.4. The minimum Gasteiger partial charge on any atom is -0.497 e. The van der Waals surface area contributed by atoms with Crippen LogP contribution >= 0.6 is 0 Å². The Hall–Kier alpha value is -2.67. The minimum atomic E-state index is 0.581. The Labute approximate surface area is 134 Å². The van der Waals surface area contributed by atoms with Crippen molar-refractivity contribution in [1.82, 2.24) is 24.8 Å². The fourth-order valence-corrected chi connectivity index (χ4v) is 2.33. The molecule has 0 fully saturated rings. The highest BCUT2D eigenvalue weighted by molar-refractivity contribution is 5.55. The second kappa shape index (κ2) is 6.62. The van der Waals surface area contributed by atoms with Gasteiger partial charge in [-0.3, -0.25) is 9.58 Å². The summed E-state index contributed by atoms with van der Waals surface area (Å²) in [6.45, 7) is 1.35. The SMILES string of the molecule is COc1ccc(-c2noc(CN(C)Cc3cnn(C)c3)n2)cc1. The van der Waals surface area contributed by atoms with Gasteiger partial charge in [0.2, 0.25) is 11.7 Å². The summed E-state index contributed by atoms with van der Waals surface area (Å²) in [4.78, 5) is 6.54. The first-order valence-electron chi connectivity index (χ1n) is 7.27. The Morgan fingerprint density at radius 2 is 2.00 bits per heavy atom. The van der Waals surface area contributed by atoms with Gasteiger partial charge >= 0.3 is 0 Å². The number of hydrogen-bond acceptors (Lipinski definition) is 6. The average molecular weight is 313 g/mol. The summed E-state index contributed by atoms with van der Waals surface area (Å²) in [7, 11) is 5.55. The molecule has 0 unspecified atom stereocenters. The van der Waals surface area contributed by atoms with Crippen LogP contribution in [0.2, 0.25) is 0 Å². The van der Waals surface area contributed by atoms with Gasteiger partial charge < -0.3 is 9.26 Å². The molecule has 0 saturated heterocycles. The van der Waals surface area contributed by atoms with Gasteiger partial charge in [0.1, 0.15) is 5.75 Å². The van der Waals surface area contributed by atoms with E-state index in [0.717, 1.165) is 23.4 Å². The van der Waals surface area contributed by atoms with Crippen LogP contribution in [0.25, 0.3) is 11.4 Å². The monoisotopic (exact) mass is 313 g/mol. The van der Waals surface area contributed by atoms with Crippen LogP contribution < -0.4 is 4.74 Å². The van der Waals surface area contributed by atoms with E-state index in [1.165, 1.54) is 0 Å². The first-order chi connectivity index (χ1) is 11.1. The molecule has 0 radical (unpaired) electrons. The quantitative estimate of drug-likeness (QED) is 0.694. The third-order valence-corrected chi connectivity index (χ3v) is 3.43. The van der Waals surface area contributed by atoms with Crippen LogP contribution in [0.4, 0.5) is 0 Å². The first kappa shape index (κ1) is 15.2. The van der Waals surface area contributed by atoms with E-state index >= 15 is 0 Å². The maximum absolute atomic E-state index is 5.33. The molecule has 3 aromatic rings. The fraction of sp³-hybridized carbons (Fsp3) is 0.312. The molecule has 0 spiro atoms. The molecule has 0 aliphatic heterocycles. The lowest BCUT2D eigenvalue weighted by molar-refractivity contribution is 0.261. The van der Waals surface area contributed by atoms with Gasteiger partial charge in [-0.05, 0) is 31.3 Å². The normalized spacial score (nSPS) is 11.1. The number of rotatable bonds is 6. The molecule has 7 nitrogen and oxygen atoms in total. The van der Waals surface area contributed by atoms with Crippen molar-refractivity contribution in [2.45, 2.75) is 13.1 Å². The third-order valence-electron chi connectivity index (χ3n) is 3.43. The molecule has 0 N–H and O–H groups in total. The predicted octanol–water partition coefficient (Wildman–Crippen LogP) is 2.11. The summed E-state index contributed by atoms with van der Waals surface area (Å²) < 4.78 is 12.3. The van der Waals surface area contributed by atoms with Crippen molar-refractivity contribution in [3.63, 3.8) is 0 Å². The molecule has 120 valence electrons. The van der Waals surface area contributed by atoms with Crippen LogP contribution in [-0.2, 0) is 20.1 Å². The lowest BCUT2D eigenvalue weighted by atomic mass is 10.2. The number of nitrogens with zero attached hydrogens (tertiary/aromatic N) is 5. The Morgan fingerprint density at radius 1 is 1.22 bits per heavy atom. The largest absolute Gasteiger partial charge is 0.497 e. The second-order valence-electron chi connectivity index (χ2n) is 5.43. The molecule has 2 heterocycles. The summed E-state index contributed by atoms with van der Waals surface area (Å²) in [5, 5.41) is 8.20. The highest BCUT2D eigenvalue weighted by Crippen LogP contribution is 2.20. The van der Waals surface area contributed by atoms with E-state index in [9.17, 15) is 0 Å². The van der Waals surface area contributed by atoms with Crippen molar-refractivity contribution in [3.8, 4) is 17.1 Å². The molecule has 0 saturated carbocycles. The van der Waals surface area contributed by atoms with Gasteiger partial charge in [-0.2, -0.15) is 10.1 Å². The van der Waals surface area contributed by atoms with Gasteiger partial charge in [0.05, 0.1) is 19.9 Å².